The number of nitrogens with zero attached hydrogens (tertiary/aromatic N) is 3. The molecule has 0 aromatic heterocycles. The van der Waals surface area contributed by atoms with Gasteiger partial charge in [0.05, 0.1) is 17.7 Å². The minimum absolute atomic E-state index is 0. The quantitative estimate of drug-likeness (QED) is 0.487. The molecule has 7 nitrogen and oxygen atoms in total. The molecule has 0 spiro atoms. The second-order valence-electron chi connectivity index (χ2n) is 4.56. The minimum atomic E-state index is -0.433. The van der Waals surface area contributed by atoms with E-state index >= 15 is 0 Å². The Morgan fingerprint density at radius 3 is 2.35 bits per heavy atom. The van der Waals surface area contributed by atoms with E-state index in [-0.39, 0.29) is 18.8 Å². The van der Waals surface area contributed by atoms with Crippen molar-refractivity contribution >= 4 is 17.1 Å². The van der Waals surface area contributed by atoms with Gasteiger partial charge in [-0.25, -0.2) is 0 Å². The Labute approximate surface area is 120 Å². The normalized spacial score (nSPS) is 10.1. The number of nitro benzene ring substituents is 1. The zero-order valence-electron chi connectivity index (χ0n) is 11.7. The Balaban J connectivity index is 0.00000361. The zero-order chi connectivity index (χ0) is 14.6. The predicted octanol–water partition coefficient (Wildman–Crippen LogP) is 1.82. The van der Waals surface area contributed by atoms with E-state index in [1.165, 1.54) is 13.2 Å². The highest BCUT2D eigenvalue weighted by molar-refractivity contribution is 5.73. The van der Waals surface area contributed by atoms with E-state index in [0.717, 1.165) is 6.54 Å². The fraction of sp³-hybridized carbons (Fsp3) is 0.538. The maximum absolute atomic E-state index is 11.1. The van der Waals surface area contributed by atoms with Crippen molar-refractivity contribution in [2.75, 3.05) is 52.0 Å². The number of ether oxygens (including phenoxy) is 1. The molecule has 1 aromatic carbocycles. The average molecular weight is 284 g/mol. The van der Waals surface area contributed by atoms with Gasteiger partial charge in [-0.05, 0) is 14.1 Å². The molecule has 1 rings (SSSR count). The SMILES string of the molecule is C.COc1cc(N(C)CCN(C)C)c([N+](=O)[O-])cc1N. The summed E-state index contributed by atoms with van der Waals surface area (Å²) in [7, 11) is 7.19. The molecule has 0 unspecified atom stereocenters. The van der Waals surface area contributed by atoms with Crippen molar-refractivity contribution in [3.8, 4) is 5.75 Å². The van der Waals surface area contributed by atoms with Gasteiger partial charge >= 0.3 is 0 Å². The second-order valence-corrected chi connectivity index (χ2v) is 4.56. The largest absolute Gasteiger partial charge is 0.495 e. The first-order valence-electron chi connectivity index (χ1n) is 5.84. The Kier molecular flexibility index (Phi) is 6.78. The van der Waals surface area contributed by atoms with Crippen LogP contribution in [0.1, 0.15) is 7.43 Å². The predicted molar refractivity (Wildman–Crippen MR) is 82.6 cm³/mol. The number of nitrogens with two attached hydrogens (primary N) is 1. The summed E-state index contributed by atoms with van der Waals surface area (Å²) < 4.78 is 5.11. The van der Waals surface area contributed by atoms with E-state index in [9.17, 15) is 10.1 Å². The molecule has 1 aromatic rings. The standard InChI is InChI=1S/C12H20N4O3.CH4/c1-14(2)5-6-15(3)10-8-12(19-4)9(13)7-11(10)16(17)18;/h7-8H,5-6,13H2,1-4H3;1H4. The lowest BCUT2D eigenvalue weighted by Gasteiger charge is -2.22. The van der Waals surface area contributed by atoms with Crippen LogP contribution in [0.2, 0.25) is 0 Å². The third-order valence-corrected chi connectivity index (χ3v) is 2.82. The fourth-order valence-corrected chi connectivity index (χ4v) is 1.67. The maximum Gasteiger partial charge on any atom is 0.294 e. The molecule has 0 aliphatic carbocycles. The lowest BCUT2D eigenvalue weighted by atomic mass is 10.2. The lowest BCUT2D eigenvalue weighted by Crippen LogP contribution is -2.28. The summed E-state index contributed by atoms with van der Waals surface area (Å²) in [5.74, 6) is 0.442. The Morgan fingerprint density at radius 2 is 1.90 bits per heavy atom. The van der Waals surface area contributed by atoms with Crippen LogP contribution in [-0.2, 0) is 0 Å². The molecule has 0 saturated heterocycles. The van der Waals surface area contributed by atoms with Crippen molar-refractivity contribution in [1.29, 1.82) is 0 Å². The Bertz CT molecular complexity index is 463. The van der Waals surface area contributed by atoms with E-state index in [1.54, 1.807) is 6.07 Å². The smallest absolute Gasteiger partial charge is 0.294 e. The molecule has 0 fully saturated rings. The molecule has 0 aliphatic heterocycles. The monoisotopic (exact) mass is 284 g/mol. The number of nitro groups is 1. The summed E-state index contributed by atoms with van der Waals surface area (Å²) in [6.07, 6.45) is 0. The number of nitrogen functional groups attached to an aromatic ring is 1. The summed E-state index contributed by atoms with van der Waals surface area (Å²) in [4.78, 5) is 14.5. The molecule has 0 bridgehead atoms. The number of likely N-dealkylation sites (N-methyl/N-ethyl adjacent to an activating group) is 2. The number of hydrogen-bond donors (Lipinski definition) is 1. The van der Waals surface area contributed by atoms with Crippen LogP contribution in [0.5, 0.6) is 5.75 Å². The molecular formula is C13H24N4O3. The number of benzene rings is 1. The zero-order valence-corrected chi connectivity index (χ0v) is 11.7. The van der Waals surface area contributed by atoms with E-state index < -0.39 is 4.92 Å². The van der Waals surface area contributed by atoms with Crippen LogP contribution >= 0.6 is 0 Å². The van der Waals surface area contributed by atoms with Gasteiger partial charge in [-0.3, -0.25) is 10.1 Å². The fourth-order valence-electron chi connectivity index (χ4n) is 1.67. The maximum atomic E-state index is 11.1. The van der Waals surface area contributed by atoms with Crippen LogP contribution < -0.4 is 15.4 Å². The first kappa shape index (κ1) is 18.0. The Morgan fingerprint density at radius 1 is 1.30 bits per heavy atom. The summed E-state index contributed by atoms with van der Waals surface area (Å²) >= 11 is 0. The van der Waals surface area contributed by atoms with Gasteiger partial charge in [-0.1, -0.05) is 7.43 Å². The average Bonchev–Trinajstić information content (AvgIpc) is 2.35. The van der Waals surface area contributed by atoms with Gasteiger partial charge in [0, 0.05) is 32.3 Å². The summed E-state index contributed by atoms with van der Waals surface area (Å²) in [6.45, 7) is 1.46. The van der Waals surface area contributed by atoms with Crippen molar-refractivity contribution in [1.82, 2.24) is 4.90 Å². The highest BCUT2D eigenvalue weighted by Gasteiger charge is 2.20. The second kappa shape index (κ2) is 7.54. The number of hydrogen-bond acceptors (Lipinski definition) is 6. The molecule has 0 heterocycles. The third kappa shape index (κ3) is 4.27. The molecule has 0 atom stereocenters. The molecule has 114 valence electrons. The van der Waals surface area contributed by atoms with Crippen molar-refractivity contribution in [3.63, 3.8) is 0 Å². The number of methoxy groups -OCH3 is 1. The van der Waals surface area contributed by atoms with Crippen LogP contribution in [0.25, 0.3) is 0 Å². The van der Waals surface area contributed by atoms with Crippen molar-refractivity contribution in [2.45, 2.75) is 7.43 Å². The summed E-state index contributed by atoms with van der Waals surface area (Å²) in [5, 5.41) is 11.1. The van der Waals surface area contributed by atoms with E-state index in [1.807, 2.05) is 30.9 Å². The number of anilines is 2. The molecule has 2 N–H and O–H groups in total. The Hall–Kier alpha value is -2.02. The van der Waals surface area contributed by atoms with Crippen molar-refractivity contribution in [2.24, 2.45) is 0 Å². The first-order chi connectivity index (χ1) is 8.86. The van der Waals surface area contributed by atoms with Gasteiger partial charge in [-0.2, -0.15) is 0 Å². The summed E-state index contributed by atoms with van der Waals surface area (Å²) in [6, 6.07) is 2.93. The third-order valence-electron chi connectivity index (χ3n) is 2.82. The number of rotatable bonds is 6. The van der Waals surface area contributed by atoms with Gasteiger partial charge in [0.15, 0.2) is 0 Å². The molecule has 0 aliphatic rings. The molecule has 7 heteroatoms. The van der Waals surface area contributed by atoms with Crippen LogP contribution in [0.4, 0.5) is 17.1 Å². The van der Waals surface area contributed by atoms with Crippen LogP contribution in [-0.4, -0.2) is 51.2 Å². The highest BCUT2D eigenvalue weighted by atomic mass is 16.6. The van der Waals surface area contributed by atoms with Crippen LogP contribution in [0.3, 0.4) is 0 Å². The van der Waals surface area contributed by atoms with Gasteiger partial charge < -0.3 is 20.3 Å². The molecule has 0 amide bonds. The van der Waals surface area contributed by atoms with E-state index in [0.29, 0.717) is 18.0 Å². The molecule has 0 saturated carbocycles. The van der Waals surface area contributed by atoms with Crippen molar-refractivity contribution < 1.29 is 9.66 Å². The lowest BCUT2D eigenvalue weighted by molar-refractivity contribution is -0.384. The van der Waals surface area contributed by atoms with E-state index in [4.69, 9.17) is 10.5 Å². The first-order valence-corrected chi connectivity index (χ1v) is 5.84. The molecular weight excluding hydrogens is 260 g/mol. The molecule has 20 heavy (non-hydrogen) atoms. The van der Waals surface area contributed by atoms with Crippen LogP contribution in [0, 0.1) is 10.1 Å². The topological polar surface area (TPSA) is 84.9 Å². The van der Waals surface area contributed by atoms with Gasteiger partial charge in [0.1, 0.15) is 11.4 Å². The highest BCUT2D eigenvalue weighted by Crippen LogP contribution is 2.36. The van der Waals surface area contributed by atoms with Gasteiger partial charge in [0.25, 0.3) is 5.69 Å². The van der Waals surface area contributed by atoms with Gasteiger partial charge in [-0.15, -0.1) is 0 Å². The molecule has 0 radical (unpaired) electrons. The minimum Gasteiger partial charge on any atom is -0.495 e. The van der Waals surface area contributed by atoms with Crippen molar-refractivity contribution in [3.05, 3.63) is 22.2 Å². The van der Waals surface area contributed by atoms with Crippen LogP contribution in [0.15, 0.2) is 12.1 Å². The summed E-state index contributed by atoms with van der Waals surface area (Å²) in [5.41, 5.74) is 6.45. The van der Waals surface area contributed by atoms with E-state index in [2.05, 4.69) is 0 Å². The van der Waals surface area contributed by atoms with Gasteiger partial charge in [0.2, 0.25) is 0 Å².